The molecule has 0 aliphatic carbocycles. The lowest BCUT2D eigenvalue weighted by atomic mass is 9.87. The number of benzene rings is 3. The number of nitrogens with one attached hydrogen (secondary N) is 1. The monoisotopic (exact) mass is 1170 g/mol. The van der Waals surface area contributed by atoms with Crippen LogP contribution in [0.25, 0.3) is 0 Å². The highest BCUT2D eigenvalue weighted by molar-refractivity contribution is 6.38. The van der Waals surface area contributed by atoms with E-state index in [1.54, 1.807) is 88.5 Å². The standard InChI is InChI=1S/C62H82N6O16/c1-39-55(73)63-53(40-21-13-12-14-22-40)58(76)66(9)46(36-83-61(2,3)4)57(75)67-32-20-26-44(67)56(74)64(7)30-17-16-27-52(71)82-38-62(5,6)54(72)59(77)68-31-18-15-25-45(68)60(78)84-48(29-28-41-34-49(79-10)50(80-11)35-47(41)69)42-23-19-24-43(33-42)81-37-51(70)65(39)8/h12-14,16,19,21-24,27,33-35,39,44-46,48,53,69H,15,17-18,20,25-26,28-32,36-38H2,1-11H3,(H,63,73)/t39-,44-,45-,46-,48+,53?/m0/s1. The number of Topliss-reactive ketones (excluding diaryl/α,β-unsaturated/α-hetero) is 1. The minimum absolute atomic E-state index is 0.0707. The first kappa shape index (κ1) is 65.1. The number of nitrogens with zero attached hydrogens (tertiary/aromatic N) is 5. The first-order valence-corrected chi connectivity index (χ1v) is 28.4. The summed E-state index contributed by atoms with van der Waals surface area (Å²) in [5.74, 6) is -5.60. The molecule has 0 spiro atoms. The van der Waals surface area contributed by atoms with Crippen molar-refractivity contribution in [1.82, 2.24) is 29.8 Å². The van der Waals surface area contributed by atoms with E-state index >= 15 is 0 Å². The number of phenols is 1. The highest BCUT2D eigenvalue weighted by Gasteiger charge is 2.45. The summed E-state index contributed by atoms with van der Waals surface area (Å²) in [6.07, 6.45) is 4.12. The van der Waals surface area contributed by atoms with Crippen LogP contribution in [0, 0.1) is 5.41 Å². The summed E-state index contributed by atoms with van der Waals surface area (Å²) < 4.78 is 34.8. The molecule has 22 heteroatoms. The van der Waals surface area contributed by atoms with E-state index in [-0.39, 0.29) is 69.3 Å². The fraction of sp³-hybridized carbons (Fsp3) is 0.532. The second-order valence-electron chi connectivity index (χ2n) is 23.1. The van der Waals surface area contributed by atoms with Gasteiger partial charge in [0.25, 0.3) is 11.8 Å². The molecule has 1 unspecified atom stereocenters. The number of carbonyl (C=O) groups excluding carboxylic acids is 9. The number of esters is 2. The van der Waals surface area contributed by atoms with Crippen LogP contribution in [-0.2, 0) is 63.8 Å². The molecule has 3 aliphatic heterocycles. The van der Waals surface area contributed by atoms with Gasteiger partial charge in [-0.2, -0.15) is 0 Å². The van der Waals surface area contributed by atoms with Gasteiger partial charge < -0.3 is 63.3 Å². The zero-order chi connectivity index (χ0) is 61.6. The van der Waals surface area contributed by atoms with E-state index < -0.39 is 108 Å². The summed E-state index contributed by atoms with van der Waals surface area (Å²) in [6, 6.07) is 12.1. The van der Waals surface area contributed by atoms with Crippen molar-refractivity contribution >= 4 is 53.2 Å². The summed E-state index contributed by atoms with van der Waals surface area (Å²) in [6.45, 7) is 8.98. The molecule has 22 nitrogen and oxygen atoms in total. The van der Waals surface area contributed by atoms with Gasteiger partial charge in [-0.15, -0.1) is 0 Å². The largest absolute Gasteiger partial charge is 0.508 e. The van der Waals surface area contributed by atoms with Gasteiger partial charge in [-0.05, 0) is 128 Å². The van der Waals surface area contributed by atoms with Crippen LogP contribution >= 0.6 is 0 Å². The number of fused-ring (bicyclic) bond motifs is 4. The van der Waals surface area contributed by atoms with Crippen molar-refractivity contribution in [2.75, 3.05) is 74.8 Å². The minimum Gasteiger partial charge on any atom is -0.508 e. The Morgan fingerprint density at radius 3 is 2.10 bits per heavy atom. The van der Waals surface area contributed by atoms with Crippen molar-refractivity contribution in [2.24, 2.45) is 5.41 Å². The van der Waals surface area contributed by atoms with E-state index in [0.717, 1.165) is 6.08 Å². The van der Waals surface area contributed by atoms with Gasteiger partial charge in [0, 0.05) is 52.9 Å². The van der Waals surface area contributed by atoms with E-state index in [4.69, 9.17) is 28.4 Å². The Hall–Kier alpha value is -8.01. The predicted octanol–water partition coefficient (Wildman–Crippen LogP) is 5.28. The molecule has 2 N–H and O–H groups in total. The Bertz CT molecular complexity index is 2910. The molecule has 456 valence electrons. The Morgan fingerprint density at radius 1 is 0.738 bits per heavy atom. The lowest BCUT2D eigenvalue weighted by Crippen LogP contribution is -2.58. The number of aryl methyl sites for hydroxylation is 1. The molecule has 6 amide bonds. The predicted molar refractivity (Wildman–Crippen MR) is 307 cm³/mol. The lowest BCUT2D eigenvalue weighted by Gasteiger charge is -2.37. The van der Waals surface area contributed by atoms with Gasteiger partial charge in [0.15, 0.2) is 18.1 Å². The molecule has 2 bridgehead atoms. The van der Waals surface area contributed by atoms with Crippen molar-refractivity contribution in [3.05, 3.63) is 95.6 Å². The number of hydrogen-bond acceptors (Lipinski definition) is 16. The Balaban J connectivity index is 1.33. The SMILES string of the molecule is COc1cc(O)c(CC[C@H]2OC(=O)[C@@H]3CCCCN3C(=O)C(=O)C(C)(C)COC(=O)C=CCCN(C)C(=O)[C@@H]3CCCN3C(=O)[C@H](COC(C)(C)C)N(C)C(=O)C(c3ccccc3)NC(=O)[C@H](C)N(C)C(=O)COc3cccc2c3)cc1OC. The van der Waals surface area contributed by atoms with E-state index in [0.29, 0.717) is 53.9 Å². The second-order valence-corrected chi connectivity index (χ2v) is 23.1. The van der Waals surface area contributed by atoms with Crippen molar-refractivity contribution in [2.45, 2.75) is 135 Å². The molecular weight excluding hydrogens is 1080 g/mol. The zero-order valence-electron chi connectivity index (χ0n) is 50.2. The molecule has 3 aromatic carbocycles. The smallest absolute Gasteiger partial charge is 0.330 e. The number of likely N-dealkylation sites (N-methyl/N-ethyl adjacent to an activating group) is 3. The number of hydrogen-bond donors (Lipinski definition) is 2. The van der Waals surface area contributed by atoms with E-state index in [9.17, 15) is 48.3 Å². The highest BCUT2D eigenvalue weighted by Crippen LogP contribution is 2.37. The fourth-order valence-electron chi connectivity index (χ4n) is 10.1. The van der Waals surface area contributed by atoms with Crippen LogP contribution in [0.15, 0.2) is 78.9 Å². The molecule has 2 saturated heterocycles. The molecule has 2 fully saturated rings. The topological polar surface area (TPSA) is 257 Å². The molecule has 84 heavy (non-hydrogen) atoms. The number of cyclic esters (lactones) is 2. The normalized spacial score (nSPS) is 23.7. The summed E-state index contributed by atoms with van der Waals surface area (Å²) in [5, 5.41) is 13.9. The maximum atomic E-state index is 14.9. The molecule has 0 aromatic heterocycles. The molecule has 3 heterocycles. The third-order valence-corrected chi connectivity index (χ3v) is 15.4. The average molecular weight is 1170 g/mol. The molecule has 0 saturated carbocycles. The summed E-state index contributed by atoms with van der Waals surface area (Å²) in [7, 11) is 7.31. The van der Waals surface area contributed by atoms with E-state index in [1.165, 1.54) is 85.7 Å². The van der Waals surface area contributed by atoms with Gasteiger partial charge >= 0.3 is 11.9 Å². The van der Waals surface area contributed by atoms with Crippen LogP contribution in [0.1, 0.15) is 115 Å². The third kappa shape index (κ3) is 16.6. The minimum atomic E-state index is -1.52. The third-order valence-electron chi connectivity index (χ3n) is 15.4. The van der Waals surface area contributed by atoms with Crippen molar-refractivity contribution < 1.29 is 76.7 Å². The number of amides is 6. The molecule has 0 radical (unpaired) electrons. The van der Waals surface area contributed by atoms with E-state index in [1.807, 2.05) is 0 Å². The fourth-order valence-corrected chi connectivity index (χ4v) is 10.1. The summed E-state index contributed by atoms with van der Waals surface area (Å²) in [5.41, 5.74) is -1.02. The molecule has 3 aromatic rings. The number of carbonyl (C=O) groups is 9. The van der Waals surface area contributed by atoms with Crippen LogP contribution in [0.5, 0.6) is 23.0 Å². The average Bonchev–Trinajstić information content (AvgIpc) is 3.69. The molecule has 3 aliphatic rings. The van der Waals surface area contributed by atoms with Gasteiger partial charge in [0.2, 0.25) is 29.4 Å². The number of methoxy groups -OCH3 is 2. The molecular formula is C62H82N6O16. The van der Waals surface area contributed by atoms with Crippen LogP contribution in [0.4, 0.5) is 0 Å². The van der Waals surface area contributed by atoms with Gasteiger partial charge in [0.05, 0.1) is 31.8 Å². The van der Waals surface area contributed by atoms with Gasteiger partial charge in [-0.3, -0.25) is 33.6 Å². The molecule has 6 rings (SSSR count). The zero-order valence-corrected chi connectivity index (χ0v) is 50.2. The van der Waals surface area contributed by atoms with Gasteiger partial charge in [-0.1, -0.05) is 48.5 Å². The van der Waals surface area contributed by atoms with Crippen LogP contribution in [0.3, 0.4) is 0 Å². The number of aromatic hydroxyl groups is 1. The van der Waals surface area contributed by atoms with Crippen molar-refractivity contribution in [1.29, 1.82) is 0 Å². The number of phenolic OH excluding ortho intramolecular Hbond substituents is 1. The second kappa shape index (κ2) is 29.0. The molecule has 6 atom stereocenters. The Labute approximate surface area is 491 Å². The highest BCUT2D eigenvalue weighted by atomic mass is 16.5. The maximum absolute atomic E-state index is 14.9. The maximum Gasteiger partial charge on any atom is 0.330 e. The summed E-state index contributed by atoms with van der Waals surface area (Å²) in [4.78, 5) is 134. The van der Waals surface area contributed by atoms with Crippen LogP contribution in [0.2, 0.25) is 0 Å². The van der Waals surface area contributed by atoms with Crippen LogP contribution < -0.4 is 19.5 Å². The first-order valence-electron chi connectivity index (χ1n) is 28.4. The number of ketones is 1. The number of rotatable bonds is 8. The number of piperidine rings is 1. The van der Waals surface area contributed by atoms with E-state index in [2.05, 4.69) is 5.32 Å². The van der Waals surface area contributed by atoms with Crippen LogP contribution in [-0.4, -0.2) is 187 Å². The quantitative estimate of drug-likeness (QED) is 0.215. The Morgan fingerprint density at radius 2 is 1.40 bits per heavy atom. The lowest BCUT2D eigenvalue weighted by molar-refractivity contribution is -0.165. The van der Waals surface area contributed by atoms with Crippen molar-refractivity contribution in [3.63, 3.8) is 0 Å². The van der Waals surface area contributed by atoms with Gasteiger partial charge in [0.1, 0.15) is 54.4 Å². The summed E-state index contributed by atoms with van der Waals surface area (Å²) >= 11 is 0. The van der Waals surface area contributed by atoms with Gasteiger partial charge in [-0.25, -0.2) is 9.59 Å². The first-order chi connectivity index (χ1) is 39.8. The Kier molecular flexibility index (Phi) is 22.5. The van der Waals surface area contributed by atoms with Crippen molar-refractivity contribution in [3.8, 4) is 23.0 Å². The number of ether oxygens (including phenoxy) is 6.